The van der Waals surface area contributed by atoms with Crippen molar-refractivity contribution in [1.82, 2.24) is 4.57 Å². The number of benzene rings is 3. The van der Waals surface area contributed by atoms with Crippen molar-refractivity contribution >= 4 is 52.2 Å². The van der Waals surface area contributed by atoms with Crippen LogP contribution in [0, 0.1) is 43.4 Å². The Bertz CT molecular complexity index is 1950. The second-order valence-corrected chi connectivity index (χ2v) is 15.1. The lowest BCUT2D eigenvalue weighted by Gasteiger charge is -2.43. The first-order valence-electron chi connectivity index (χ1n) is 15.6. The Labute approximate surface area is 274 Å². The summed E-state index contributed by atoms with van der Waals surface area (Å²) < 4.78 is 7.04. The molecule has 2 bridgehead atoms. The van der Waals surface area contributed by atoms with Crippen LogP contribution in [0.15, 0.2) is 82.6 Å². The minimum Gasteiger partial charge on any atom is -0.497 e. The number of aryl methyl sites for hydroxylation is 2. The lowest BCUT2D eigenvalue weighted by atomic mass is 9.68. The van der Waals surface area contributed by atoms with Crippen LogP contribution in [-0.2, 0) is 20.9 Å². The highest BCUT2D eigenvalue weighted by Gasteiger charge is 2.69. The molecule has 10 heteroatoms. The number of imide groups is 1. The van der Waals surface area contributed by atoms with E-state index < -0.39 is 0 Å². The molecular weight excluding hydrogens is 619 g/mol. The number of fused-ring (bicyclic) bond motifs is 9. The molecule has 3 heterocycles. The summed E-state index contributed by atoms with van der Waals surface area (Å²) in [6, 6.07) is 23.1. The quantitative estimate of drug-likeness (QED) is 0.263. The Morgan fingerprint density at radius 2 is 1.63 bits per heavy atom. The zero-order chi connectivity index (χ0) is 31.9. The Kier molecular flexibility index (Phi) is 6.99. The first-order chi connectivity index (χ1) is 22.2. The molecule has 4 aromatic rings. The summed E-state index contributed by atoms with van der Waals surface area (Å²) in [6.07, 6.45) is 0.802. The van der Waals surface area contributed by atoms with Crippen LogP contribution in [-0.4, -0.2) is 34.6 Å². The second-order valence-electron chi connectivity index (χ2n) is 12.9. The number of hydrogen-bond acceptors (Lipinski definition) is 7. The topological polar surface area (TPSA) is 97.7 Å². The molecule has 7 atom stereocenters. The maximum Gasteiger partial charge on any atom is 0.308 e. The van der Waals surface area contributed by atoms with Gasteiger partial charge in [-0.25, -0.2) is 0 Å². The molecule has 3 amide bonds. The van der Waals surface area contributed by atoms with Crippen molar-refractivity contribution < 1.29 is 19.1 Å². The van der Waals surface area contributed by atoms with Gasteiger partial charge in [0.2, 0.25) is 17.7 Å². The molecule has 234 valence electrons. The zero-order valence-corrected chi connectivity index (χ0v) is 27.3. The fourth-order valence-electron chi connectivity index (χ4n) is 8.45. The number of anilines is 2. The van der Waals surface area contributed by atoms with Gasteiger partial charge in [-0.2, -0.15) is 0 Å². The van der Waals surface area contributed by atoms with Crippen LogP contribution in [0.3, 0.4) is 0 Å². The number of rotatable bonds is 6. The molecule has 46 heavy (non-hydrogen) atoms. The van der Waals surface area contributed by atoms with Crippen LogP contribution in [0.1, 0.15) is 33.9 Å². The van der Waals surface area contributed by atoms with Crippen molar-refractivity contribution in [2.75, 3.05) is 17.3 Å². The Morgan fingerprint density at radius 1 is 0.913 bits per heavy atom. The van der Waals surface area contributed by atoms with E-state index in [2.05, 4.69) is 5.32 Å². The van der Waals surface area contributed by atoms with Crippen molar-refractivity contribution in [1.29, 1.82) is 0 Å². The highest BCUT2D eigenvalue weighted by Crippen LogP contribution is 2.69. The molecule has 8 nitrogen and oxygen atoms in total. The fourth-order valence-corrected chi connectivity index (χ4v) is 11.6. The standard InChI is InChI=1S/C36H33N3O5S2/c1-18-7-11-22(12-8-18)39-33(41)29-24-16-25(30(29)34(39)42)31-28(24)27(20-9-13-23(44-3)14-10-20)32-35(45-31)38(36(43)46-32)17-26(40)37-21-6-4-5-19(2)15-21/h4-15,24-25,27-31H,16-17H2,1-3H3,(H,37,40). The lowest BCUT2D eigenvalue weighted by Crippen LogP contribution is -2.43. The number of thiazole rings is 1. The van der Waals surface area contributed by atoms with Gasteiger partial charge in [-0.15, -0.1) is 11.8 Å². The van der Waals surface area contributed by atoms with Gasteiger partial charge in [-0.3, -0.25) is 28.6 Å². The SMILES string of the molecule is COc1ccc(C2c3sc(=O)n(CC(=O)Nc4cccc(C)c4)c3SC3C4CC(C5C(=O)N(c6ccc(C)cc6)C(=O)C45)C23)cc1. The van der Waals surface area contributed by atoms with Crippen molar-refractivity contribution in [3.8, 4) is 5.75 Å². The molecule has 3 aromatic carbocycles. The highest BCUT2D eigenvalue weighted by atomic mass is 32.2. The van der Waals surface area contributed by atoms with E-state index in [4.69, 9.17) is 4.74 Å². The summed E-state index contributed by atoms with van der Waals surface area (Å²) in [7, 11) is 1.63. The van der Waals surface area contributed by atoms with Crippen LogP contribution < -0.4 is 19.8 Å². The first kappa shape index (κ1) is 29.3. The summed E-state index contributed by atoms with van der Waals surface area (Å²) >= 11 is 2.83. The molecule has 4 aliphatic rings. The molecular formula is C36H33N3O5S2. The number of thioether (sulfide) groups is 1. The van der Waals surface area contributed by atoms with Crippen molar-refractivity contribution in [2.45, 2.75) is 43.0 Å². The second kappa shape index (κ2) is 11.0. The third-order valence-corrected chi connectivity index (χ3v) is 13.1. The summed E-state index contributed by atoms with van der Waals surface area (Å²) in [5, 5.41) is 3.77. The molecule has 3 fully saturated rings. The number of carbonyl (C=O) groups is 3. The minimum atomic E-state index is -0.381. The Morgan fingerprint density at radius 3 is 2.33 bits per heavy atom. The third kappa shape index (κ3) is 4.48. The van der Waals surface area contributed by atoms with E-state index in [9.17, 15) is 19.2 Å². The van der Waals surface area contributed by atoms with Gasteiger partial charge in [0.15, 0.2) is 0 Å². The minimum absolute atomic E-state index is 0.00429. The summed E-state index contributed by atoms with van der Waals surface area (Å²) in [4.78, 5) is 57.1. The fraction of sp³-hybridized carbons (Fsp3) is 0.333. The zero-order valence-electron chi connectivity index (χ0n) is 25.6. The maximum atomic E-state index is 14.1. The molecule has 2 saturated carbocycles. The number of methoxy groups -OCH3 is 1. The number of amides is 3. The van der Waals surface area contributed by atoms with E-state index in [0.29, 0.717) is 11.4 Å². The molecule has 1 aromatic heterocycles. The average Bonchev–Trinajstić information content (AvgIpc) is 3.76. The van der Waals surface area contributed by atoms with E-state index in [1.807, 2.05) is 86.6 Å². The van der Waals surface area contributed by atoms with Crippen LogP contribution in [0.5, 0.6) is 5.75 Å². The van der Waals surface area contributed by atoms with Gasteiger partial charge in [0.1, 0.15) is 12.3 Å². The lowest BCUT2D eigenvalue weighted by molar-refractivity contribution is -0.123. The molecule has 0 radical (unpaired) electrons. The van der Waals surface area contributed by atoms with Gasteiger partial charge in [0, 0.05) is 21.7 Å². The normalized spacial score (nSPS) is 27.4. The van der Waals surface area contributed by atoms with E-state index in [1.165, 1.54) is 16.2 Å². The van der Waals surface area contributed by atoms with Crippen molar-refractivity contribution in [3.05, 3.63) is 104 Å². The average molecular weight is 652 g/mol. The monoisotopic (exact) mass is 651 g/mol. The predicted octanol–water partition coefficient (Wildman–Crippen LogP) is 5.85. The maximum absolute atomic E-state index is 14.1. The third-order valence-electron chi connectivity index (χ3n) is 10.3. The Balaban J connectivity index is 1.18. The van der Waals surface area contributed by atoms with Gasteiger partial charge in [-0.1, -0.05) is 53.3 Å². The van der Waals surface area contributed by atoms with Crippen LogP contribution in [0.2, 0.25) is 0 Å². The van der Waals surface area contributed by atoms with Crippen LogP contribution in [0.4, 0.5) is 11.4 Å². The molecule has 1 saturated heterocycles. The highest BCUT2D eigenvalue weighted by molar-refractivity contribution is 8.00. The van der Waals surface area contributed by atoms with E-state index >= 15 is 0 Å². The summed E-state index contributed by atoms with van der Waals surface area (Å²) in [6.45, 7) is 3.85. The number of nitrogens with zero attached hydrogens (tertiary/aromatic N) is 2. The van der Waals surface area contributed by atoms with Gasteiger partial charge >= 0.3 is 4.87 Å². The molecule has 2 aliphatic carbocycles. The van der Waals surface area contributed by atoms with Gasteiger partial charge in [0.05, 0.1) is 29.7 Å². The van der Waals surface area contributed by atoms with Gasteiger partial charge in [-0.05, 0) is 85.5 Å². The predicted molar refractivity (Wildman–Crippen MR) is 179 cm³/mol. The van der Waals surface area contributed by atoms with Crippen molar-refractivity contribution in [3.63, 3.8) is 0 Å². The largest absolute Gasteiger partial charge is 0.497 e. The smallest absolute Gasteiger partial charge is 0.308 e. The number of nitrogens with one attached hydrogen (secondary N) is 1. The van der Waals surface area contributed by atoms with Crippen LogP contribution in [0.25, 0.3) is 0 Å². The Hall–Kier alpha value is -4.15. The number of ether oxygens (including phenoxy) is 1. The molecule has 8 rings (SSSR count). The van der Waals surface area contributed by atoms with E-state index in [1.54, 1.807) is 23.4 Å². The van der Waals surface area contributed by atoms with E-state index in [-0.39, 0.29) is 69.9 Å². The first-order valence-corrected chi connectivity index (χ1v) is 17.3. The molecule has 0 spiro atoms. The van der Waals surface area contributed by atoms with Gasteiger partial charge < -0.3 is 10.1 Å². The van der Waals surface area contributed by atoms with E-state index in [0.717, 1.165) is 38.8 Å². The summed E-state index contributed by atoms with van der Waals surface area (Å²) in [5.41, 5.74) is 4.46. The molecule has 2 aliphatic heterocycles. The summed E-state index contributed by atoms with van der Waals surface area (Å²) in [5.74, 6) is -0.568. The number of hydrogen-bond donors (Lipinski definition) is 1. The molecule has 7 unspecified atom stereocenters. The number of aromatic nitrogens is 1. The number of carbonyl (C=O) groups excluding carboxylic acids is 3. The van der Waals surface area contributed by atoms with Crippen LogP contribution >= 0.6 is 23.1 Å². The van der Waals surface area contributed by atoms with Crippen molar-refractivity contribution in [2.24, 2.45) is 29.6 Å². The van der Waals surface area contributed by atoms with Gasteiger partial charge in [0.25, 0.3) is 0 Å². The molecule has 1 N–H and O–H groups in total.